The minimum Gasteiger partial charge on any atom is -0.493 e. The van der Waals surface area contributed by atoms with Crippen molar-refractivity contribution in [3.8, 4) is 11.5 Å². The molecule has 0 amide bonds. The molecule has 114 valence electrons. The van der Waals surface area contributed by atoms with Gasteiger partial charge in [-0.15, -0.1) is 0 Å². The second-order valence-corrected chi connectivity index (χ2v) is 5.14. The van der Waals surface area contributed by atoms with Gasteiger partial charge in [0.05, 0.1) is 13.2 Å². The highest BCUT2D eigenvalue weighted by molar-refractivity contribution is 5.40. The van der Waals surface area contributed by atoms with Crippen molar-refractivity contribution in [1.29, 1.82) is 0 Å². The summed E-state index contributed by atoms with van der Waals surface area (Å²) >= 11 is 0. The SMILES string of the molecule is CCCOc1ccc(CN)c(OCCOCC(C)C)c1. The molecule has 0 aliphatic heterocycles. The molecule has 0 bridgehead atoms. The topological polar surface area (TPSA) is 53.7 Å². The van der Waals surface area contributed by atoms with Crippen molar-refractivity contribution >= 4 is 0 Å². The highest BCUT2D eigenvalue weighted by Crippen LogP contribution is 2.24. The van der Waals surface area contributed by atoms with E-state index in [2.05, 4.69) is 20.8 Å². The Balaban J connectivity index is 2.48. The van der Waals surface area contributed by atoms with Crippen LogP contribution in [0.2, 0.25) is 0 Å². The van der Waals surface area contributed by atoms with Gasteiger partial charge in [-0.3, -0.25) is 0 Å². The van der Waals surface area contributed by atoms with Gasteiger partial charge in [0.25, 0.3) is 0 Å². The Morgan fingerprint density at radius 2 is 1.90 bits per heavy atom. The van der Waals surface area contributed by atoms with Gasteiger partial charge < -0.3 is 19.9 Å². The van der Waals surface area contributed by atoms with E-state index < -0.39 is 0 Å². The normalized spacial score (nSPS) is 10.8. The van der Waals surface area contributed by atoms with Crippen LogP contribution >= 0.6 is 0 Å². The quantitative estimate of drug-likeness (QED) is 0.670. The molecular formula is C16H27NO3. The van der Waals surface area contributed by atoms with E-state index in [0.717, 1.165) is 30.1 Å². The van der Waals surface area contributed by atoms with Crippen LogP contribution in [0.3, 0.4) is 0 Å². The standard InChI is InChI=1S/C16H27NO3/c1-4-7-19-15-6-5-14(11-17)16(10-15)20-9-8-18-12-13(2)3/h5-6,10,13H,4,7-9,11-12,17H2,1-3H3. The molecule has 0 aliphatic carbocycles. The molecule has 0 fully saturated rings. The molecule has 0 saturated carbocycles. The number of nitrogens with two attached hydrogens (primary N) is 1. The van der Waals surface area contributed by atoms with Gasteiger partial charge >= 0.3 is 0 Å². The molecule has 0 unspecified atom stereocenters. The first-order valence-corrected chi connectivity index (χ1v) is 7.33. The van der Waals surface area contributed by atoms with Crippen LogP contribution in [0, 0.1) is 5.92 Å². The van der Waals surface area contributed by atoms with Gasteiger partial charge in [-0.05, 0) is 18.4 Å². The summed E-state index contributed by atoms with van der Waals surface area (Å²) in [6.45, 7) is 9.36. The Labute approximate surface area is 122 Å². The van der Waals surface area contributed by atoms with E-state index in [9.17, 15) is 0 Å². The van der Waals surface area contributed by atoms with E-state index in [1.165, 1.54) is 0 Å². The second kappa shape index (κ2) is 9.61. The van der Waals surface area contributed by atoms with Crippen LogP contribution in [0.4, 0.5) is 0 Å². The van der Waals surface area contributed by atoms with E-state index in [4.69, 9.17) is 19.9 Å². The van der Waals surface area contributed by atoms with Crippen molar-refractivity contribution < 1.29 is 14.2 Å². The van der Waals surface area contributed by atoms with Gasteiger partial charge in [0.2, 0.25) is 0 Å². The van der Waals surface area contributed by atoms with E-state index in [1.807, 2.05) is 18.2 Å². The predicted octanol–water partition coefficient (Wildman–Crippen LogP) is 2.99. The van der Waals surface area contributed by atoms with Crippen LogP contribution in [-0.2, 0) is 11.3 Å². The van der Waals surface area contributed by atoms with E-state index >= 15 is 0 Å². The Hall–Kier alpha value is -1.26. The van der Waals surface area contributed by atoms with Gasteiger partial charge in [0.15, 0.2) is 0 Å². The van der Waals surface area contributed by atoms with Crippen molar-refractivity contribution in [1.82, 2.24) is 0 Å². The molecule has 20 heavy (non-hydrogen) atoms. The van der Waals surface area contributed by atoms with Gasteiger partial charge in [0, 0.05) is 24.8 Å². The van der Waals surface area contributed by atoms with Crippen LogP contribution in [0.5, 0.6) is 11.5 Å². The molecule has 0 aliphatic rings. The molecule has 0 aromatic heterocycles. The first-order valence-electron chi connectivity index (χ1n) is 7.33. The molecule has 0 spiro atoms. The third-order valence-electron chi connectivity index (χ3n) is 2.67. The van der Waals surface area contributed by atoms with Crippen LogP contribution in [0.1, 0.15) is 32.8 Å². The Bertz CT molecular complexity index is 380. The van der Waals surface area contributed by atoms with Crippen molar-refractivity contribution in [3.05, 3.63) is 23.8 Å². The zero-order valence-electron chi connectivity index (χ0n) is 12.9. The second-order valence-electron chi connectivity index (χ2n) is 5.14. The molecule has 0 saturated heterocycles. The monoisotopic (exact) mass is 281 g/mol. The number of hydrogen-bond donors (Lipinski definition) is 1. The smallest absolute Gasteiger partial charge is 0.127 e. The Kier molecular flexibility index (Phi) is 8.07. The molecule has 0 atom stereocenters. The van der Waals surface area contributed by atoms with Gasteiger partial charge in [-0.2, -0.15) is 0 Å². The maximum atomic E-state index is 5.75. The molecule has 4 nitrogen and oxygen atoms in total. The third kappa shape index (κ3) is 6.26. The molecule has 1 rings (SSSR count). The minimum atomic E-state index is 0.455. The molecule has 4 heteroatoms. The zero-order valence-corrected chi connectivity index (χ0v) is 12.9. The lowest BCUT2D eigenvalue weighted by atomic mass is 10.2. The van der Waals surface area contributed by atoms with Crippen LogP contribution < -0.4 is 15.2 Å². The predicted molar refractivity (Wildman–Crippen MR) is 81.3 cm³/mol. The molecule has 1 aromatic carbocycles. The lowest BCUT2D eigenvalue weighted by Gasteiger charge is -2.13. The van der Waals surface area contributed by atoms with Gasteiger partial charge in [-0.1, -0.05) is 26.8 Å². The molecule has 0 radical (unpaired) electrons. The van der Waals surface area contributed by atoms with Crippen molar-refractivity contribution in [2.24, 2.45) is 11.7 Å². The average Bonchev–Trinajstić information content (AvgIpc) is 2.44. The van der Waals surface area contributed by atoms with Gasteiger partial charge in [0.1, 0.15) is 18.1 Å². The number of benzene rings is 1. The first kappa shape index (κ1) is 16.8. The summed E-state index contributed by atoms with van der Waals surface area (Å²) < 4.78 is 16.8. The Morgan fingerprint density at radius 1 is 1.10 bits per heavy atom. The fourth-order valence-electron chi connectivity index (χ4n) is 1.68. The fraction of sp³-hybridized carbons (Fsp3) is 0.625. The van der Waals surface area contributed by atoms with E-state index in [-0.39, 0.29) is 0 Å². The van der Waals surface area contributed by atoms with Crippen molar-refractivity contribution in [2.45, 2.75) is 33.7 Å². The van der Waals surface area contributed by atoms with Crippen LogP contribution in [0.25, 0.3) is 0 Å². The average molecular weight is 281 g/mol. The van der Waals surface area contributed by atoms with E-state index in [0.29, 0.717) is 32.3 Å². The van der Waals surface area contributed by atoms with E-state index in [1.54, 1.807) is 0 Å². The highest BCUT2D eigenvalue weighted by Gasteiger charge is 2.05. The van der Waals surface area contributed by atoms with Gasteiger partial charge in [-0.25, -0.2) is 0 Å². The fourth-order valence-corrected chi connectivity index (χ4v) is 1.68. The lowest BCUT2D eigenvalue weighted by Crippen LogP contribution is -2.11. The summed E-state index contributed by atoms with van der Waals surface area (Å²) in [4.78, 5) is 0. The summed E-state index contributed by atoms with van der Waals surface area (Å²) in [5, 5.41) is 0. The number of hydrogen-bond acceptors (Lipinski definition) is 4. The molecule has 1 aromatic rings. The van der Waals surface area contributed by atoms with Crippen LogP contribution in [-0.4, -0.2) is 26.4 Å². The highest BCUT2D eigenvalue weighted by atomic mass is 16.5. The molecule has 2 N–H and O–H groups in total. The summed E-state index contributed by atoms with van der Waals surface area (Å²) in [7, 11) is 0. The number of ether oxygens (including phenoxy) is 3. The minimum absolute atomic E-state index is 0.455. The first-order chi connectivity index (χ1) is 9.67. The van der Waals surface area contributed by atoms with Crippen molar-refractivity contribution in [2.75, 3.05) is 26.4 Å². The van der Waals surface area contributed by atoms with Crippen molar-refractivity contribution in [3.63, 3.8) is 0 Å². The number of rotatable bonds is 10. The Morgan fingerprint density at radius 3 is 2.55 bits per heavy atom. The molecular weight excluding hydrogens is 254 g/mol. The maximum absolute atomic E-state index is 5.75. The molecule has 0 heterocycles. The summed E-state index contributed by atoms with van der Waals surface area (Å²) in [5.41, 5.74) is 6.70. The summed E-state index contributed by atoms with van der Waals surface area (Å²) in [5.74, 6) is 2.15. The summed E-state index contributed by atoms with van der Waals surface area (Å²) in [6.07, 6.45) is 0.984. The maximum Gasteiger partial charge on any atom is 0.127 e. The van der Waals surface area contributed by atoms with Crippen LogP contribution in [0.15, 0.2) is 18.2 Å². The largest absolute Gasteiger partial charge is 0.493 e. The lowest BCUT2D eigenvalue weighted by molar-refractivity contribution is 0.0815. The summed E-state index contributed by atoms with van der Waals surface area (Å²) in [6, 6.07) is 5.79. The third-order valence-corrected chi connectivity index (χ3v) is 2.67. The zero-order chi connectivity index (χ0) is 14.8.